The third-order valence-corrected chi connectivity index (χ3v) is 5.56. The Hall–Kier alpha value is -1.39. The van der Waals surface area contributed by atoms with E-state index in [0.717, 1.165) is 37.6 Å². The quantitative estimate of drug-likeness (QED) is 0.383. The highest BCUT2D eigenvalue weighted by atomic mass is 79.9. The minimum absolute atomic E-state index is 0.362. The van der Waals surface area contributed by atoms with Gasteiger partial charge in [0.15, 0.2) is 0 Å². The Kier molecular flexibility index (Phi) is 6.93. The summed E-state index contributed by atoms with van der Waals surface area (Å²) in [5.74, 6) is 0.787. The van der Waals surface area contributed by atoms with E-state index >= 15 is 0 Å². The van der Waals surface area contributed by atoms with Gasteiger partial charge in [0.25, 0.3) is 0 Å². The fraction of sp³-hybridized carbons (Fsp3) is 0.143. The van der Waals surface area contributed by atoms with Crippen LogP contribution in [0.25, 0.3) is 0 Å². The van der Waals surface area contributed by atoms with Crippen LogP contribution in [0.3, 0.4) is 0 Å². The minimum atomic E-state index is 0.362. The van der Waals surface area contributed by atoms with Crippen LogP contribution in [0, 0.1) is 6.92 Å². The van der Waals surface area contributed by atoms with Gasteiger partial charge in [0.1, 0.15) is 12.4 Å². The van der Waals surface area contributed by atoms with E-state index in [9.17, 15) is 0 Å². The smallest absolute Gasteiger partial charge is 0.124 e. The van der Waals surface area contributed by atoms with Gasteiger partial charge in [0, 0.05) is 42.9 Å². The normalized spacial score (nSPS) is 10.7. The lowest BCUT2D eigenvalue weighted by molar-refractivity contribution is 0.303. The molecule has 0 aliphatic rings. The third-order valence-electron chi connectivity index (χ3n) is 4.08. The Morgan fingerprint density at radius 2 is 1.70 bits per heavy atom. The Balaban J connectivity index is 1.73. The summed E-state index contributed by atoms with van der Waals surface area (Å²) in [6.07, 6.45) is 0. The summed E-state index contributed by atoms with van der Waals surface area (Å²) in [6.45, 7) is 2.94. The van der Waals surface area contributed by atoms with Gasteiger partial charge in [-0.15, -0.1) is 0 Å². The summed E-state index contributed by atoms with van der Waals surface area (Å²) in [7, 11) is 0. The Morgan fingerprint density at radius 1 is 0.889 bits per heavy atom. The van der Waals surface area contributed by atoms with Crippen molar-refractivity contribution in [3.05, 3.63) is 90.8 Å². The highest BCUT2D eigenvalue weighted by Gasteiger charge is 2.08. The maximum absolute atomic E-state index is 6.23. The molecule has 0 saturated carbocycles. The Bertz CT molecular complexity index is 962. The lowest BCUT2D eigenvalue weighted by Crippen LogP contribution is -2.04. The van der Waals surface area contributed by atoms with E-state index in [-0.39, 0.29) is 0 Å². The molecule has 27 heavy (non-hydrogen) atoms. The van der Waals surface area contributed by atoms with Crippen molar-refractivity contribution in [1.82, 2.24) is 0 Å². The molecule has 0 aliphatic heterocycles. The van der Waals surface area contributed by atoms with Crippen molar-refractivity contribution >= 4 is 56.4 Å². The molecule has 3 rings (SSSR count). The van der Waals surface area contributed by atoms with Crippen molar-refractivity contribution in [2.24, 2.45) is 0 Å². The molecule has 0 aliphatic carbocycles. The molecule has 2 nitrogen and oxygen atoms in total. The molecule has 0 saturated heterocycles. The van der Waals surface area contributed by atoms with Gasteiger partial charge in [-0.25, -0.2) is 0 Å². The fourth-order valence-electron chi connectivity index (χ4n) is 2.52. The molecule has 0 heterocycles. The van der Waals surface area contributed by atoms with Gasteiger partial charge >= 0.3 is 0 Å². The lowest BCUT2D eigenvalue weighted by Gasteiger charge is -2.14. The van der Waals surface area contributed by atoms with Crippen LogP contribution in [0.4, 0.5) is 5.69 Å². The van der Waals surface area contributed by atoms with Gasteiger partial charge < -0.3 is 10.1 Å². The molecule has 6 heteroatoms. The number of ether oxygens (including phenoxy) is 1. The number of hydrogen-bond acceptors (Lipinski definition) is 2. The van der Waals surface area contributed by atoms with E-state index in [0.29, 0.717) is 23.2 Å². The molecule has 0 bridgehead atoms. The van der Waals surface area contributed by atoms with Gasteiger partial charge in [0.05, 0.1) is 0 Å². The number of halogens is 4. The van der Waals surface area contributed by atoms with Crippen molar-refractivity contribution in [1.29, 1.82) is 0 Å². The van der Waals surface area contributed by atoms with Gasteiger partial charge in [0.2, 0.25) is 0 Å². The molecular weight excluding hydrogens is 469 g/mol. The summed E-state index contributed by atoms with van der Waals surface area (Å²) in [4.78, 5) is 0. The van der Waals surface area contributed by atoms with E-state index in [1.807, 2.05) is 49.4 Å². The first-order chi connectivity index (χ1) is 12.9. The Morgan fingerprint density at radius 3 is 2.44 bits per heavy atom. The van der Waals surface area contributed by atoms with E-state index < -0.39 is 0 Å². The van der Waals surface area contributed by atoms with Crippen LogP contribution in [0.1, 0.15) is 16.7 Å². The fourth-order valence-corrected chi connectivity index (χ4v) is 3.57. The molecule has 140 valence electrons. The summed E-state index contributed by atoms with van der Waals surface area (Å²) in [5, 5.41) is 5.32. The van der Waals surface area contributed by atoms with Crippen LogP contribution < -0.4 is 10.1 Å². The first-order valence-corrected chi connectivity index (χ1v) is 10.2. The van der Waals surface area contributed by atoms with E-state index in [2.05, 4.69) is 21.2 Å². The predicted octanol–water partition coefficient (Wildman–Crippen LogP) is 7.91. The SMILES string of the molecule is Cc1ccc(NCc2cc(Br)ccc2OCc2ccc(Cl)cc2Cl)cc1Cl. The molecule has 0 aromatic heterocycles. The number of benzene rings is 3. The zero-order valence-electron chi connectivity index (χ0n) is 14.5. The molecule has 0 amide bonds. The number of hydrogen-bond donors (Lipinski definition) is 1. The Labute approximate surface area is 182 Å². The predicted molar refractivity (Wildman–Crippen MR) is 118 cm³/mol. The van der Waals surface area contributed by atoms with Gasteiger partial charge in [-0.1, -0.05) is 62.9 Å². The number of nitrogens with one attached hydrogen (secondary N) is 1. The van der Waals surface area contributed by atoms with Crippen molar-refractivity contribution in [3.63, 3.8) is 0 Å². The van der Waals surface area contributed by atoms with Crippen LogP contribution in [-0.4, -0.2) is 0 Å². The molecule has 0 fully saturated rings. The van der Waals surface area contributed by atoms with E-state index in [4.69, 9.17) is 39.5 Å². The van der Waals surface area contributed by atoms with Crippen molar-refractivity contribution < 1.29 is 4.74 Å². The first kappa shape index (κ1) is 20.3. The van der Waals surface area contributed by atoms with Crippen molar-refractivity contribution in [2.75, 3.05) is 5.32 Å². The van der Waals surface area contributed by atoms with Gasteiger partial charge in [-0.2, -0.15) is 0 Å². The minimum Gasteiger partial charge on any atom is -0.488 e. The molecule has 3 aromatic rings. The molecule has 0 spiro atoms. The van der Waals surface area contributed by atoms with Crippen LogP contribution in [-0.2, 0) is 13.2 Å². The lowest BCUT2D eigenvalue weighted by atomic mass is 10.1. The second-order valence-electron chi connectivity index (χ2n) is 6.09. The van der Waals surface area contributed by atoms with Crippen molar-refractivity contribution in [3.8, 4) is 5.75 Å². The molecular formula is C21H17BrCl3NO. The largest absolute Gasteiger partial charge is 0.488 e. The van der Waals surface area contributed by atoms with Gasteiger partial charge in [-0.3, -0.25) is 0 Å². The summed E-state index contributed by atoms with van der Waals surface area (Å²) < 4.78 is 7.00. The maximum Gasteiger partial charge on any atom is 0.124 e. The average Bonchev–Trinajstić information content (AvgIpc) is 2.63. The molecule has 0 unspecified atom stereocenters. The average molecular weight is 486 g/mol. The monoisotopic (exact) mass is 483 g/mol. The summed E-state index contributed by atoms with van der Waals surface area (Å²) in [5.41, 5.74) is 3.91. The second kappa shape index (κ2) is 9.20. The van der Waals surface area contributed by atoms with Crippen LogP contribution in [0.15, 0.2) is 59.1 Å². The maximum atomic E-state index is 6.23. The van der Waals surface area contributed by atoms with Gasteiger partial charge in [-0.05, 0) is 55.0 Å². The van der Waals surface area contributed by atoms with E-state index in [1.54, 1.807) is 12.1 Å². The van der Waals surface area contributed by atoms with Crippen molar-refractivity contribution in [2.45, 2.75) is 20.1 Å². The van der Waals surface area contributed by atoms with Crippen LogP contribution >= 0.6 is 50.7 Å². The number of aryl methyl sites for hydroxylation is 1. The standard InChI is InChI=1S/C21H17BrCl3NO/c1-13-2-6-18(10-19(13)24)26-11-15-8-16(22)4-7-21(15)27-12-14-3-5-17(23)9-20(14)25/h2-10,26H,11-12H2,1H3. The zero-order valence-corrected chi connectivity index (χ0v) is 18.4. The molecule has 0 radical (unpaired) electrons. The topological polar surface area (TPSA) is 21.3 Å². The van der Waals surface area contributed by atoms with Crippen LogP contribution in [0.5, 0.6) is 5.75 Å². The highest BCUT2D eigenvalue weighted by Crippen LogP contribution is 2.28. The van der Waals surface area contributed by atoms with E-state index in [1.165, 1.54) is 0 Å². The number of rotatable bonds is 6. The second-order valence-corrected chi connectivity index (χ2v) is 8.26. The molecule has 0 atom stereocenters. The van der Waals surface area contributed by atoms with Crippen LogP contribution in [0.2, 0.25) is 15.1 Å². The number of anilines is 1. The summed E-state index contributed by atoms with van der Waals surface area (Å²) >= 11 is 21.9. The molecule has 1 N–H and O–H groups in total. The summed E-state index contributed by atoms with van der Waals surface area (Å²) in [6, 6.07) is 17.2. The zero-order chi connectivity index (χ0) is 19.4. The third kappa shape index (κ3) is 5.55. The first-order valence-electron chi connectivity index (χ1n) is 8.27. The molecule has 3 aromatic carbocycles. The highest BCUT2D eigenvalue weighted by molar-refractivity contribution is 9.10.